The fourth-order valence-electron chi connectivity index (χ4n) is 2.20. The molecule has 0 fully saturated rings. The van der Waals surface area contributed by atoms with Crippen LogP contribution < -0.4 is 10.6 Å². The van der Waals surface area contributed by atoms with E-state index in [1.165, 1.54) is 0 Å². The second kappa shape index (κ2) is 14.6. The van der Waals surface area contributed by atoms with Gasteiger partial charge in [0.15, 0.2) is 9.95 Å². The van der Waals surface area contributed by atoms with E-state index in [0.717, 1.165) is 35.6 Å². The van der Waals surface area contributed by atoms with Gasteiger partial charge < -0.3 is 10.6 Å². The Hall–Kier alpha value is -1.34. The molecule has 0 amide bonds. The second-order valence-corrected chi connectivity index (χ2v) is 33.6. The summed E-state index contributed by atoms with van der Waals surface area (Å²) >= 11 is 0. The molecule has 0 radical (unpaired) electrons. The Labute approximate surface area is 191 Å². The number of hydrogen-bond donors (Lipinski definition) is 2. The molecule has 0 aliphatic carbocycles. The van der Waals surface area contributed by atoms with Gasteiger partial charge in [0.2, 0.25) is 10.8 Å². The molecule has 0 aliphatic rings. The molecule has 11 heteroatoms. The number of rotatable bonds is 4. The van der Waals surface area contributed by atoms with Gasteiger partial charge in [0, 0.05) is 48.7 Å². The van der Waals surface area contributed by atoms with Crippen molar-refractivity contribution >= 4 is 61.5 Å². The van der Waals surface area contributed by atoms with Crippen LogP contribution in [-0.2, 0) is 10.8 Å². The first-order valence-electron chi connectivity index (χ1n) is 9.01. The monoisotopic (exact) mass is 528 g/mol. The molecule has 0 bridgehead atoms. The first-order valence-corrected chi connectivity index (χ1v) is 24.6. The minimum atomic E-state index is -3.36. The van der Waals surface area contributed by atoms with E-state index >= 15 is 0 Å². The van der Waals surface area contributed by atoms with Crippen molar-refractivity contribution in [2.45, 2.75) is 27.7 Å². The number of diazo groups is 2. The van der Waals surface area contributed by atoms with Gasteiger partial charge in [-0.05, 0) is 51.0 Å². The predicted molar refractivity (Wildman–Crippen MR) is 124 cm³/mol. The standard InChI is InChI=1S/2C9H12N3.4ClH.Zn/c2*1-3-11-9-5-4-8(12-10)6-7(9)2;;;;;/h2*4-6,11H,3H2,1-2H3;4*1H;/q2*+1;;;;;+2/p-4. The van der Waals surface area contributed by atoms with E-state index in [0.29, 0.717) is 11.4 Å². The Morgan fingerprint density at radius 1 is 0.759 bits per heavy atom. The van der Waals surface area contributed by atoms with Gasteiger partial charge in [-0.3, -0.25) is 0 Å². The summed E-state index contributed by atoms with van der Waals surface area (Å²) in [6, 6.07) is 11.0. The molecule has 0 unspecified atom stereocenters. The van der Waals surface area contributed by atoms with Crippen molar-refractivity contribution in [1.29, 1.82) is 10.8 Å². The van der Waals surface area contributed by atoms with Gasteiger partial charge in [-0.25, -0.2) is 0 Å². The third-order valence-corrected chi connectivity index (χ3v) is 3.39. The van der Waals surface area contributed by atoms with Crippen LogP contribution in [0.2, 0.25) is 0 Å². The average molecular weight is 532 g/mol. The Bertz CT molecular complexity index is 787. The van der Waals surface area contributed by atoms with Gasteiger partial charge in [0.05, 0.1) is 0 Å². The van der Waals surface area contributed by atoms with Gasteiger partial charge in [0.25, 0.3) is 0 Å². The Morgan fingerprint density at radius 3 is 1.28 bits per heavy atom. The molecule has 0 saturated heterocycles. The van der Waals surface area contributed by atoms with Crippen LogP contribution in [0.15, 0.2) is 36.4 Å². The maximum atomic E-state index is 8.49. The van der Waals surface area contributed by atoms with Crippen molar-refractivity contribution in [3.63, 3.8) is 0 Å². The predicted octanol–water partition coefficient (Wildman–Crippen LogP) is 8.58. The van der Waals surface area contributed by atoms with Crippen LogP contribution in [0.5, 0.6) is 0 Å². The first-order chi connectivity index (χ1) is 13.5. The molecule has 6 nitrogen and oxygen atoms in total. The quantitative estimate of drug-likeness (QED) is 0.306. The summed E-state index contributed by atoms with van der Waals surface area (Å²) in [5, 5.41) is 23.4. The zero-order valence-electron chi connectivity index (χ0n) is 16.9. The van der Waals surface area contributed by atoms with Crippen molar-refractivity contribution < 1.29 is 10.8 Å². The van der Waals surface area contributed by atoms with Crippen LogP contribution in [0.4, 0.5) is 22.7 Å². The topological polar surface area (TPSA) is 80.4 Å². The number of anilines is 2. The van der Waals surface area contributed by atoms with Gasteiger partial charge >= 0.3 is 61.0 Å². The number of hydrogen-bond acceptors (Lipinski definition) is 4. The summed E-state index contributed by atoms with van der Waals surface area (Å²) in [7, 11) is 16.8. The third kappa shape index (κ3) is 13.5. The van der Waals surface area contributed by atoms with E-state index in [2.05, 4.69) is 20.6 Å². The molecule has 2 aromatic rings. The average Bonchev–Trinajstić information content (AvgIpc) is 2.64. The fraction of sp³-hybridized carbons (Fsp3) is 0.333. The molecule has 0 spiro atoms. The molecular formula is C18H24Cl4N6Zn. The van der Waals surface area contributed by atoms with Crippen LogP contribution in [0.3, 0.4) is 0 Å². The van der Waals surface area contributed by atoms with Crippen molar-refractivity contribution in [2.24, 2.45) is 0 Å². The molecule has 0 saturated carbocycles. The van der Waals surface area contributed by atoms with Crippen molar-refractivity contribution in [3.05, 3.63) is 57.5 Å². The van der Waals surface area contributed by atoms with E-state index in [-0.39, 0.29) is 0 Å². The molecule has 29 heavy (non-hydrogen) atoms. The summed E-state index contributed by atoms with van der Waals surface area (Å²) in [5.74, 6) is 0. The van der Waals surface area contributed by atoms with Crippen LogP contribution >= 0.6 is 38.8 Å². The zero-order valence-corrected chi connectivity index (χ0v) is 22.9. The maximum absolute atomic E-state index is 8.49. The molecule has 0 aliphatic heterocycles. The van der Waals surface area contributed by atoms with E-state index < -0.39 is 10.8 Å². The van der Waals surface area contributed by atoms with Crippen molar-refractivity contribution in [3.8, 4) is 0 Å². The van der Waals surface area contributed by atoms with Gasteiger partial charge in [-0.15, -0.1) is 0 Å². The number of nitrogens with one attached hydrogen (secondary N) is 2. The fourth-order valence-corrected chi connectivity index (χ4v) is 2.20. The van der Waals surface area contributed by atoms with Crippen molar-refractivity contribution in [1.82, 2.24) is 0 Å². The van der Waals surface area contributed by atoms with Crippen LogP contribution in [0.25, 0.3) is 9.95 Å². The summed E-state index contributed by atoms with van der Waals surface area (Å²) in [6.45, 7) is 9.85. The SMILES string of the molecule is CCNc1ccc([N+]#N)cc1C.CCNc1ccc([N+]#N)cc1C.[Cl][Zn-2]([Cl])([Cl])[Cl]. The second-order valence-electron chi connectivity index (χ2n) is 5.87. The molecular weight excluding hydrogens is 507 g/mol. The minimum absolute atomic E-state index is 0.592. The third-order valence-electron chi connectivity index (χ3n) is 3.39. The molecule has 0 atom stereocenters. The number of aryl methyl sites for hydroxylation is 2. The number of halogens is 4. The molecule has 2 N–H and O–H groups in total. The van der Waals surface area contributed by atoms with E-state index in [1.807, 2.05) is 52.0 Å². The van der Waals surface area contributed by atoms with Crippen LogP contribution in [0.1, 0.15) is 25.0 Å². The van der Waals surface area contributed by atoms with Gasteiger partial charge in [-0.1, -0.05) is 0 Å². The summed E-state index contributed by atoms with van der Waals surface area (Å²) in [5.41, 5.74) is 5.54. The Balaban J connectivity index is 0.000000442. The van der Waals surface area contributed by atoms with Crippen molar-refractivity contribution in [2.75, 3.05) is 23.7 Å². The normalized spacial score (nSPS) is 9.59. The number of benzene rings is 2. The van der Waals surface area contributed by atoms with Crippen LogP contribution in [-0.4, -0.2) is 13.1 Å². The molecule has 0 aromatic heterocycles. The first kappa shape index (κ1) is 27.7. The zero-order chi connectivity index (χ0) is 22.4. The van der Waals surface area contributed by atoms with Crippen LogP contribution in [0, 0.1) is 24.6 Å². The van der Waals surface area contributed by atoms with E-state index in [4.69, 9.17) is 49.5 Å². The van der Waals surface area contributed by atoms with Gasteiger partial charge in [0.1, 0.15) is 0 Å². The number of nitrogens with zero attached hydrogens (tertiary/aromatic N) is 4. The molecule has 2 aromatic carbocycles. The van der Waals surface area contributed by atoms with E-state index in [1.54, 1.807) is 12.1 Å². The summed E-state index contributed by atoms with van der Waals surface area (Å²) in [4.78, 5) is 6.21. The van der Waals surface area contributed by atoms with Gasteiger partial charge in [-0.2, -0.15) is 0 Å². The van der Waals surface area contributed by atoms with E-state index in [9.17, 15) is 0 Å². The summed E-state index contributed by atoms with van der Waals surface area (Å²) < 4.78 is 0. The molecule has 2 rings (SSSR count). The molecule has 0 heterocycles. The Morgan fingerprint density at radius 2 is 1.07 bits per heavy atom. The Kier molecular flexibility index (Phi) is 13.9. The molecule has 156 valence electrons. The summed E-state index contributed by atoms with van der Waals surface area (Å²) in [6.07, 6.45) is 0.